The van der Waals surface area contributed by atoms with E-state index in [1.807, 2.05) is 36.9 Å². The first-order chi connectivity index (χ1) is 7.22. The Bertz CT molecular complexity index is 478. The van der Waals surface area contributed by atoms with Crippen LogP contribution in [-0.4, -0.2) is 26.0 Å². The minimum absolute atomic E-state index is 0.879. The molecule has 2 aromatic heterocycles. The van der Waals surface area contributed by atoms with E-state index in [1.165, 1.54) is 0 Å². The summed E-state index contributed by atoms with van der Waals surface area (Å²) in [5, 5.41) is 9.17. The van der Waals surface area contributed by atoms with Gasteiger partial charge in [-0.05, 0) is 25.3 Å². The zero-order valence-electron chi connectivity index (χ0n) is 8.93. The fourth-order valence-corrected chi connectivity index (χ4v) is 1.91. The Balaban J connectivity index is 2.49. The van der Waals surface area contributed by atoms with Crippen molar-refractivity contribution in [2.45, 2.75) is 12.1 Å². The molecule has 5 heteroatoms. The quantitative estimate of drug-likeness (QED) is 0.725. The third kappa shape index (κ3) is 1.87. The molecule has 0 bridgehead atoms. The van der Waals surface area contributed by atoms with Crippen molar-refractivity contribution in [3.63, 3.8) is 0 Å². The average molecular weight is 220 g/mol. The molecule has 0 unspecified atom stereocenters. The largest absolute Gasteiger partial charge is 0.305 e. The summed E-state index contributed by atoms with van der Waals surface area (Å²) in [6.45, 7) is 1.97. The second-order valence-corrected chi connectivity index (χ2v) is 4.03. The van der Waals surface area contributed by atoms with Crippen LogP contribution in [0.15, 0.2) is 23.5 Å². The molecule has 0 saturated carbocycles. The Morgan fingerprint density at radius 2 is 2.13 bits per heavy atom. The van der Waals surface area contributed by atoms with E-state index in [0.717, 1.165) is 22.2 Å². The molecule has 4 nitrogen and oxygen atoms in total. The molecular formula is C10H12N4S. The lowest BCUT2D eigenvalue weighted by Crippen LogP contribution is -1.94. The van der Waals surface area contributed by atoms with Crippen molar-refractivity contribution >= 4 is 11.8 Å². The summed E-state index contributed by atoms with van der Waals surface area (Å²) < 4.78 is 1.99. The van der Waals surface area contributed by atoms with Crippen LogP contribution in [0.2, 0.25) is 0 Å². The normalized spacial score (nSPS) is 10.6. The number of thioether (sulfide) groups is 1. The molecule has 2 rings (SSSR count). The molecule has 2 heterocycles. The summed E-state index contributed by atoms with van der Waals surface area (Å²) in [5.41, 5.74) is 2.04. The average Bonchev–Trinajstić information content (AvgIpc) is 2.59. The van der Waals surface area contributed by atoms with Gasteiger partial charge in [-0.1, -0.05) is 11.8 Å². The molecule has 0 aliphatic carbocycles. The number of pyridine rings is 1. The highest BCUT2D eigenvalue weighted by Crippen LogP contribution is 2.20. The topological polar surface area (TPSA) is 43.6 Å². The van der Waals surface area contributed by atoms with Crippen molar-refractivity contribution in [3.05, 3.63) is 24.0 Å². The van der Waals surface area contributed by atoms with Gasteiger partial charge in [-0.15, -0.1) is 10.2 Å². The first kappa shape index (κ1) is 10.2. The fourth-order valence-electron chi connectivity index (χ4n) is 1.43. The fraction of sp³-hybridized carbons (Fsp3) is 0.300. The van der Waals surface area contributed by atoms with Crippen LogP contribution < -0.4 is 0 Å². The molecule has 0 spiro atoms. The van der Waals surface area contributed by atoms with Crippen LogP contribution in [-0.2, 0) is 7.05 Å². The Kier molecular flexibility index (Phi) is 2.73. The highest BCUT2D eigenvalue weighted by Gasteiger charge is 2.09. The number of nitrogens with zero attached hydrogens (tertiary/aromatic N) is 4. The Labute approximate surface area is 92.8 Å². The van der Waals surface area contributed by atoms with Gasteiger partial charge in [-0.2, -0.15) is 0 Å². The van der Waals surface area contributed by atoms with Crippen molar-refractivity contribution in [1.29, 1.82) is 0 Å². The molecule has 15 heavy (non-hydrogen) atoms. The van der Waals surface area contributed by atoms with E-state index in [4.69, 9.17) is 0 Å². The maximum atomic E-state index is 4.16. The monoisotopic (exact) mass is 220 g/mol. The summed E-state index contributed by atoms with van der Waals surface area (Å²) >= 11 is 1.59. The molecule has 78 valence electrons. The summed E-state index contributed by atoms with van der Waals surface area (Å²) in [5.74, 6) is 0.879. The van der Waals surface area contributed by atoms with Crippen LogP contribution in [0.3, 0.4) is 0 Å². The summed E-state index contributed by atoms with van der Waals surface area (Å²) in [4.78, 5) is 4.16. The van der Waals surface area contributed by atoms with Gasteiger partial charge >= 0.3 is 0 Å². The van der Waals surface area contributed by atoms with E-state index >= 15 is 0 Å². The van der Waals surface area contributed by atoms with E-state index in [9.17, 15) is 0 Å². The maximum Gasteiger partial charge on any atom is 0.190 e. The van der Waals surface area contributed by atoms with Crippen LogP contribution in [0.5, 0.6) is 0 Å². The van der Waals surface area contributed by atoms with Gasteiger partial charge in [0.2, 0.25) is 0 Å². The molecule has 0 saturated heterocycles. The van der Waals surface area contributed by atoms with Gasteiger partial charge in [-0.25, -0.2) is 0 Å². The molecule has 0 atom stereocenters. The van der Waals surface area contributed by atoms with Crippen molar-refractivity contribution < 1.29 is 0 Å². The second-order valence-electron chi connectivity index (χ2n) is 3.26. The molecule has 0 radical (unpaired) electrons. The number of hydrogen-bond donors (Lipinski definition) is 0. The maximum absolute atomic E-state index is 4.16. The van der Waals surface area contributed by atoms with Crippen molar-refractivity contribution in [3.8, 4) is 11.4 Å². The molecule has 2 aromatic rings. The van der Waals surface area contributed by atoms with E-state index in [0.29, 0.717) is 0 Å². The van der Waals surface area contributed by atoms with E-state index in [-0.39, 0.29) is 0 Å². The van der Waals surface area contributed by atoms with Crippen molar-refractivity contribution in [2.75, 3.05) is 6.26 Å². The Hall–Kier alpha value is -1.36. The highest BCUT2D eigenvalue weighted by atomic mass is 32.2. The Morgan fingerprint density at radius 1 is 1.33 bits per heavy atom. The van der Waals surface area contributed by atoms with Gasteiger partial charge in [0.15, 0.2) is 11.0 Å². The third-order valence-electron chi connectivity index (χ3n) is 2.17. The zero-order chi connectivity index (χ0) is 10.8. The van der Waals surface area contributed by atoms with Gasteiger partial charge in [0.1, 0.15) is 0 Å². The van der Waals surface area contributed by atoms with Gasteiger partial charge in [0, 0.05) is 24.5 Å². The first-order valence-electron chi connectivity index (χ1n) is 4.59. The smallest absolute Gasteiger partial charge is 0.190 e. The lowest BCUT2D eigenvalue weighted by molar-refractivity contribution is 0.795. The first-order valence-corrected chi connectivity index (χ1v) is 5.81. The third-order valence-corrected chi connectivity index (χ3v) is 2.89. The van der Waals surface area contributed by atoms with E-state index in [1.54, 1.807) is 18.0 Å². The Morgan fingerprint density at radius 3 is 2.73 bits per heavy atom. The number of aromatic nitrogens is 4. The molecule has 0 aliphatic rings. The van der Waals surface area contributed by atoms with Crippen LogP contribution in [0.1, 0.15) is 5.69 Å². The SMILES string of the molecule is CSc1nnc(-c2ccnc(C)c2)n1C. The molecule has 0 N–H and O–H groups in total. The molecule has 0 amide bonds. The minimum atomic E-state index is 0.879. The molecule has 0 fully saturated rings. The van der Waals surface area contributed by atoms with E-state index < -0.39 is 0 Å². The van der Waals surface area contributed by atoms with Gasteiger partial charge < -0.3 is 4.57 Å². The van der Waals surface area contributed by atoms with Crippen molar-refractivity contribution in [1.82, 2.24) is 19.7 Å². The second kappa shape index (κ2) is 4.02. The number of aryl methyl sites for hydroxylation is 1. The van der Waals surface area contributed by atoms with Gasteiger partial charge in [0.25, 0.3) is 0 Å². The lowest BCUT2D eigenvalue weighted by Gasteiger charge is -2.02. The summed E-state index contributed by atoms with van der Waals surface area (Å²) in [6, 6.07) is 3.95. The molecular weight excluding hydrogens is 208 g/mol. The van der Waals surface area contributed by atoms with Gasteiger partial charge in [-0.3, -0.25) is 4.98 Å². The van der Waals surface area contributed by atoms with Crippen molar-refractivity contribution in [2.24, 2.45) is 7.05 Å². The standard InChI is InChI=1S/C10H12N4S/c1-7-6-8(4-5-11-7)9-12-13-10(15-3)14(9)2/h4-6H,1-3H3. The van der Waals surface area contributed by atoms with Crippen LogP contribution in [0.4, 0.5) is 0 Å². The lowest BCUT2D eigenvalue weighted by atomic mass is 10.2. The van der Waals surface area contributed by atoms with Crippen LogP contribution in [0, 0.1) is 6.92 Å². The predicted octanol–water partition coefficient (Wildman–Crippen LogP) is 1.91. The van der Waals surface area contributed by atoms with Gasteiger partial charge in [0.05, 0.1) is 0 Å². The van der Waals surface area contributed by atoms with Crippen LogP contribution in [0.25, 0.3) is 11.4 Å². The number of rotatable bonds is 2. The van der Waals surface area contributed by atoms with Crippen LogP contribution >= 0.6 is 11.8 Å². The minimum Gasteiger partial charge on any atom is -0.305 e. The highest BCUT2D eigenvalue weighted by molar-refractivity contribution is 7.98. The van der Waals surface area contributed by atoms with E-state index in [2.05, 4.69) is 15.2 Å². The summed E-state index contributed by atoms with van der Waals surface area (Å²) in [6.07, 6.45) is 3.78. The summed E-state index contributed by atoms with van der Waals surface area (Å²) in [7, 11) is 1.97. The molecule has 0 aromatic carbocycles. The number of hydrogen-bond acceptors (Lipinski definition) is 4. The molecule has 0 aliphatic heterocycles. The zero-order valence-corrected chi connectivity index (χ0v) is 9.75. The predicted molar refractivity (Wildman–Crippen MR) is 60.8 cm³/mol.